The average Bonchev–Trinajstić information content (AvgIpc) is 2.69. The maximum atomic E-state index is 11.2. The van der Waals surface area contributed by atoms with Gasteiger partial charge in [-0.3, -0.25) is 19.8 Å². The first-order valence-electron chi connectivity index (χ1n) is 4.77. The molecule has 2 rings (SSSR count). The van der Waals surface area contributed by atoms with Crippen molar-refractivity contribution in [3.05, 3.63) is 0 Å². The number of nitrogens with zero attached hydrogens (tertiary/aromatic N) is 1. The minimum absolute atomic E-state index is 0.0118. The number of imide groups is 2. The number of hydrogen-bond acceptors (Lipinski definition) is 4. The van der Waals surface area contributed by atoms with E-state index in [0.717, 1.165) is 4.90 Å². The number of nitrogens with one attached hydrogen (secondary N) is 3. The van der Waals surface area contributed by atoms with Gasteiger partial charge in [-0.1, -0.05) is 0 Å². The van der Waals surface area contributed by atoms with Crippen LogP contribution in [-0.4, -0.2) is 47.9 Å². The molecule has 0 aromatic heterocycles. The first-order chi connectivity index (χ1) is 7.58. The van der Waals surface area contributed by atoms with Gasteiger partial charge in [0.1, 0.15) is 6.04 Å². The van der Waals surface area contributed by atoms with Gasteiger partial charge in [-0.2, -0.15) is 0 Å². The van der Waals surface area contributed by atoms with Crippen LogP contribution in [0.3, 0.4) is 0 Å². The normalized spacial score (nSPS) is 24.5. The van der Waals surface area contributed by atoms with Gasteiger partial charge in [-0.05, 0) is 6.42 Å². The molecule has 1 atom stereocenters. The lowest BCUT2D eigenvalue weighted by Crippen LogP contribution is -2.37. The maximum Gasteiger partial charge on any atom is 0.324 e. The third kappa shape index (κ3) is 1.81. The summed E-state index contributed by atoms with van der Waals surface area (Å²) in [7, 11) is 0. The van der Waals surface area contributed by atoms with E-state index in [2.05, 4.69) is 16.0 Å². The lowest BCUT2D eigenvalue weighted by Gasteiger charge is -2.13. The summed E-state index contributed by atoms with van der Waals surface area (Å²) in [5.41, 5.74) is 0. The minimum Gasteiger partial charge on any atom is -0.329 e. The van der Waals surface area contributed by atoms with Crippen LogP contribution in [0.5, 0.6) is 0 Å². The molecule has 8 nitrogen and oxygen atoms in total. The van der Waals surface area contributed by atoms with Gasteiger partial charge in [0, 0.05) is 6.54 Å². The van der Waals surface area contributed by atoms with Gasteiger partial charge in [0.2, 0.25) is 5.91 Å². The van der Waals surface area contributed by atoms with Crippen LogP contribution >= 0.6 is 0 Å². The Hall–Kier alpha value is -2.12. The Labute approximate surface area is 90.3 Å². The largest absolute Gasteiger partial charge is 0.329 e. The molecule has 6 amide bonds. The molecule has 0 bridgehead atoms. The van der Waals surface area contributed by atoms with Crippen LogP contribution < -0.4 is 16.0 Å². The number of hydrogen-bond donors (Lipinski definition) is 3. The first-order valence-corrected chi connectivity index (χ1v) is 4.77. The predicted molar refractivity (Wildman–Crippen MR) is 50.2 cm³/mol. The molecule has 2 aliphatic rings. The second-order valence-corrected chi connectivity index (χ2v) is 3.51. The molecule has 0 aromatic rings. The van der Waals surface area contributed by atoms with E-state index in [4.69, 9.17) is 0 Å². The van der Waals surface area contributed by atoms with Crippen molar-refractivity contribution in [1.29, 1.82) is 0 Å². The molecule has 2 aliphatic heterocycles. The molecule has 3 N–H and O–H groups in total. The molecule has 0 spiro atoms. The van der Waals surface area contributed by atoms with Gasteiger partial charge in [0.25, 0.3) is 5.91 Å². The van der Waals surface area contributed by atoms with Crippen molar-refractivity contribution in [3.8, 4) is 0 Å². The summed E-state index contributed by atoms with van der Waals surface area (Å²) < 4.78 is 0. The van der Waals surface area contributed by atoms with Crippen LogP contribution in [0.2, 0.25) is 0 Å². The quantitative estimate of drug-likeness (QED) is 0.490. The molecular formula is C8H10N4O4. The van der Waals surface area contributed by atoms with Gasteiger partial charge >= 0.3 is 12.1 Å². The smallest absolute Gasteiger partial charge is 0.324 e. The Morgan fingerprint density at radius 1 is 1.25 bits per heavy atom. The molecule has 86 valence electrons. The molecular weight excluding hydrogens is 216 g/mol. The van der Waals surface area contributed by atoms with E-state index in [0.29, 0.717) is 0 Å². The second-order valence-electron chi connectivity index (χ2n) is 3.51. The summed E-state index contributed by atoms with van der Waals surface area (Å²) in [6.07, 6.45) is 0.219. The fraction of sp³-hybridized carbons (Fsp3) is 0.500. The van der Waals surface area contributed by atoms with Gasteiger partial charge in [0.05, 0.1) is 6.54 Å². The molecule has 2 fully saturated rings. The molecule has 1 unspecified atom stereocenters. The van der Waals surface area contributed by atoms with Crippen molar-refractivity contribution < 1.29 is 19.2 Å². The lowest BCUT2D eigenvalue weighted by molar-refractivity contribution is -0.126. The van der Waals surface area contributed by atoms with Crippen molar-refractivity contribution in [2.45, 2.75) is 12.5 Å². The van der Waals surface area contributed by atoms with Crippen molar-refractivity contribution in [3.63, 3.8) is 0 Å². The van der Waals surface area contributed by atoms with E-state index < -0.39 is 24.0 Å². The summed E-state index contributed by atoms with van der Waals surface area (Å²) in [5.74, 6) is -0.758. The Kier molecular flexibility index (Phi) is 2.47. The summed E-state index contributed by atoms with van der Waals surface area (Å²) in [5, 5.41) is 6.82. The Balaban J connectivity index is 1.88. The average molecular weight is 226 g/mol. The summed E-state index contributed by atoms with van der Waals surface area (Å²) in [4.78, 5) is 45.3. The zero-order valence-corrected chi connectivity index (χ0v) is 8.28. The molecule has 16 heavy (non-hydrogen) atoms. The highest BCUT2D eigenvalue weighted by Crippen LogP contribution is 2.04. The van der Waals surface area contributed by atoms with Crippen LogP contribution in [0.1, 0.15) is 6.42 Å². The van der Waals surface area contributed by atoms with Crippen LogP contribution in [0.25, 0.3) is 0 Å². The molecule has 0 radical (unpaired) electrons. The molecule has 0 saturated carbocycles. The Morgan fingerprint density at radius 3 is 2.50 bits per heavy atom. The molecule has 8 heteroatoms. The van der Waals surface area contributed by atoms with Gasteiger partial charge in [0.15, 0.2) is 0 Å². The van der Waals surface area contributed by atoms with E-state index in [1.54, 1.807) is 0 Å². The molecule has 0 aliphatic carbocycles. The number of amides is 6. The highest BCUT2D eigenvalue weighted by atomic mass is 16.2. The summed E-state index contributed by atoms with van der Waals surface area (Å²) in [6, 6.07) is -1.68. The first kappa shape index (κ1) is 10.4. The fourth-order valence-corrected chi connectivity index (χ4v) is 1.60. The highest BCUT2D eigenvalue weighted by Gasteiger charge is 2.33. The number of rotatable bonds is 3. The van der Waals surface area contributed by atoms with Crippen molar-refractivity contribution in [2.24, 2.45) is 0 Å². The van der Waals surface area contributed by atoms with Crippen LogP contribution in [0, 0.1) is 0 Å². The molecule has 0 aromatic carbocycles. The van der Waals surface area contributed by atoms with Crippen molar-refractivity contribution >= 4 is 23.9 Å². The Bertz CT molecular complexity index is 364. The maximum absolute atomic E-state index is 11.2. The fourth-order valence-electron chi connectivity index (χ4n) is 1.60. The van der Waals surface area contributed by atoms with Gasteiger partial charge in [-0.25, -0.2) is 9.59 Å². The van der Waals surface area contributed by atoms with Crippen molar-refractivity contribution in [1.82, 2.24) is 20.9 Å². The van der Waals surface area contributed by atoms with E-state index in [1.165, 1.54) is 0 Å². The van der Waals surface area contributed by atoms with Crippen LogP contribution in [0.4, 0.5) is 9.59 Å². The van der Waals surface area contributed by atoms with Crippen LogP contribution in [-0.2, 0) is 9.59 Å². The van der Waals surface area contributed by atoms with E-state index in [9.17, 15) is 19.2 Å². The standard InChI is InChI=1S/C8H10N4O4/c13-5-3-9-8(16)12(5)2-1-4-6(14)11-7(15)10-4/h4H,1-3H2,(H,9,16)(H2,10,11,14,15). The predicted octanol–water partition coefficient (Wildman–Crippen LogP) is -1.86. The second kappa shape index (κ2) is 3.80. The van der Waals surface area contributed by atoms with Gasteiger partial charge < -0.3 is 10.6 Å². The lowest BCUT2D eigenvalue weighted by atomic mass is 10.2. The van der Waals surface area contributed by atoms with E-state index in [-0.39, 0.29) is 25.4 Å². The van der Waals surface area contributed by atoms with E-state index in [1.807, 2.05) is 0 Å². The number of carbonyl (C=O) groups excluding carboxylic acids is 4. The summed E-state index contributed by atoms with van der Waals surface area (Å²) in [6.45, 7) is 0.102. The number of carbonyl (C=O) groups is 4. The molecule has 2 saturated heterocycles. The SMILES string of the molecule is O=C1NC(=O)C(CCN2C(=O)CNC2=O)N1. The van der Waals surface area contributed by atoms with Crippen molar-refractivity contribution in [2.75, 3.05) is 13.1 Å². The summed E-state index contributed by atoms with van der Waals surface area (Å²) >= 11 is 0. The van der Waals surface area contributed by atoms with Crippen LogP contribution in [0.15, 0.2) is 0 Å². The minimum atomic E-state index is -0.673. The number of urea groups is 2. The monoisotopic (exact) mass is 226 g/mol. The highest BCUT2D eigenvalue weighted by molar-refractivity contribution is 6.04. The van der Waals surface area contributed by atoms with E-state index >= 15 is 0 Å². The zero-order valence-electron chi connectivity index (χ0n) is 8.28. The van der Waals surface area contributed by atoms with Gasteiger partial charge in [-0.15, -0.1) is 0 Å². The molecule has 2 heterocycles. The topological polar surface area (TPSA) is 108 Å². The third-order valence-corrected chi connectivity index (χ3v) is 2.44. The third-order valence-electron chi connectivity index (χ3n) is 2.44. The zero-order chi connectivity index (χ0) is 11.7. The Morgan fingerprint density at radius 2 is 2.00 bits per heavy atom.